The number of phenols is 1. The first-order chi connectivity index (χ1) is 10.3. The van der Waals surface area contributed by atoms with Crippen molar-refractivity contribution in [2.45, 2.75) is 26.3 Å². The van der Waals surface area contributed by atoms with Crippen LogP contribution in [-0.2, 0) is 6.54 Å². The molecule has 2 aliphatic heterocycles. The molecule has 0 amide bonds. The topological polar surface area (TPSA) is 54.0 Å². The van der Waals surface area contributed by atoms with Crippen molar-refractivity contribution in [1.29, 1.82) is 0 Å². The number of hydrogen-bond donors (Lipinski definition) is 2. The third kappa shape index (κ3) is 3.41. The lowest BCUT2D eigenvalue weighted by Crippen LogP contribution is -2.36. The average molecular weight is 292 g/mol. The highest BCUT2D eigenvalue weighted by Gasteiger charge is 2.19. The number of aromatic hydroxyl groups is 1. The zero-order valence-corrected chi connectivity index (χ0v) is 12.6. The van der Waals surface area contributed by atoms with Gasteiger partial charge in [0.25, 0.3) is 0 Å². The molecule has 0 unspecified atom stereocenters. The van der Waals surface area contributed by atoms with E-state index in [-0.39, 0.29) is 12.5 Å². The maximum Gasteiger partial charge on any atom is 0.231 e. The van der Waals surface area contributed by atoms with Crippen LogP contribution in [0.25, 0.3) is 0 Å². The molecule has 1 aromatic rings. The highest BCUT2D eigenvalue weighted by atomic mass is 16.7. The Bertz CT molecular complexity index is 485. The minimum Gasteiger partial charge on any atom is -0.507 e. The van der Waals surface area contributed by atoms with E-state index in [1.54, 1.807) is 6.07 Å². The third-order valence-electron chi connectivity index (χ3n) is 4.48. The molecule has 21 heavy (non-hydrogen) atoms. The van der Waals surface area contributed by atoms with Crippen LogP contribution in [0.1, 0.15) is 25.3 Å². The second-order valence-electron chi connectivity index (χ2n) is 5.84. The average Bonchev–Trinajstić information content (AvgIpc) is 2.95. The summed E-state index contributed by atoms with van der Waals surface area (Å²) in [6.45, 7) is 7.70. The molecule has 0 radical (unpaired) electrons. The standard InChI is InChI=1S/C16H24N2O3/c1-2-18-5-3-12(4-6-18)9-17-10-13-7-15-16(8-14(13)19)21-11-20-15/h7-8,12,17,19H,2-6,9-11H2,1H3. The Hall–Kier alpha value is -1.46. The van der Waals surface area contributed by atoms with Crippen molar-refractivity contribution in [2.75, 3.05) is 33.0 Å². The van der Waals surface area contributed by atoms with Gasteiger partial charge >= 0.3 is 0 Å². The van der Waals surface area contributed by atoms with Gasteiger partial charge in [-0.1, -0.05) is 6.92 Å². The van der Waals surface area contributed by atoms with Gasteiger partial charge in [-0.2, -0.15) is 0 Å². The normalized spacial score (nSPS) is 19.1. The van der Waals surface area contributed by atoms with Gasteiger partial charge in [0.05, 0.1) is 0 Å². The van der Waals surface area contributed by atoms with Crippen LogP contribution in [-0.4, -0.2) is 43.0 Å². The first-order valence-corrected chi connectivity index (χ1v) is 7.81. The molecule has 0 saturated carbocycles. The van der Waals surface area contributed by atoms with Crippen molar-refractivity contribution >= 4 is 0 Å². The third-order valence-corrected chi connectivity index (χ3v) is 4.48. The number of likely N-dealkylation sites (tertiary alicyclic amines) is 1. The van der Waals surface area contributed by atoms with Gasteiger partial charge in [0, 0.05) is 18.2 Å². The molecule has 1 aromatic carbocycles. The summed E-state index contributed by atoms with van der Waals surface area (Å²) in [4.78, 5) is 2.50. The Balaban J connectivity index is 1.48. The number of piperidine rings is 1. The van der Waals surface area contributed by atoms with E-state index in [2.05, 4.69) is 17.1 Å². The lowest BCUT2D eigenvalue weighted by Gasteiger charge is -2.31. The van der Waals surface area contributed by atoms with E-state index in [1.165, 1.54) is 25.9 Å². The minimum absolute atomic E-state index is 0.238. The summed E-state index contributed by atoms with van der Waals surface area (Å²) in [5.41, 5.74) is 0.866. The molecular weight excluding hydrogens is 268 g/mol. The highest BCUT2D eigenvalue weighted by Crippen LogP contribution is 2.37. The molecule has 116 valence electrons. The van der Waals surface area contributed by atoms with Crippen LogP contribution in [0.4, 0.5) is 0 Å². The van der Waals surface area contributed by atoms with E-state index in [9.17, 15) is 5.11 Å². The largest absolute Gasteiger partial charge is 0.507 e. The van der Waals surface area contributed by atoms with E-state index < -0.39 is 0 Å². The molecule has 2 heterocycles. The quantitative estimate of drug-likeness (QED) is 0.868. The van der Waals surface area contributed by atoms with Gasteiger partial charge in [0.15, 0.2) is 11.5 Å². The summed E-state index contributed by atoms with van der Waals surface area (Å²) >= 11 is 0. The molecule has 0 bridgehead atoms. The number of phenolic OH excluding ortho intramolecular Hbond substituents is 1. The van der Waals surface area contributed by atoms with Crippen LogP contribution in [0.5, 0.6) is 17.2 Å². The van der Waals surface area contributed by atoms with Crippen molar-refractivity contribution in [3.8, 4) is 17.2 Å². The lowest BCUT2D eigenvalue weighted by atomic mass is 9.97. The second-order valence-corrected chi connectivity index (χ2v) is 5.84. The summed E-state index contributed by atoms with van der Waals surface area (Å²) < 4.78 is 10.6. The van der Waals surface area contributed by atoms with Crippen LogP contribution in [0.2, 0.25) is 0 Å². The van der Waals surface area contributed by atoms with Crippen LogP contribution >= 0.6 is 0 Å². The van der Waals surface area contributed by atoms with Gasteiger partial charge in [-0.15, -0.1) is 0 Å². The van der Waals surface area contributed by atoms with Crippen molar-refractivity contribution in [3.63, 3.8) is 0 Å². The zero-order valence-electron chi connectivity index (χ0n) is 12.6. The van der Waals surface area contributed by atoms with Crippen molar-refractivity contribution in [2.24, 2.45) is 5.92 Å². The SMILES string of the molecule is CCN1CCC(CNCc2cc3c(cc2O)OCO3)CC1. The fourth-order valence-corrected chi connectivity index (χ4v) is 3.03. The maximum absolute atomic E-state index is 10.00. The summed E-state index contributed by atoms with van der Waals surface area (Å²) in [5, 5.41) is 13.5. The molecule has 5 nitrogen and oxygen atoms in total. The summed E-state index contributed by atoms with van der Waals surface area (Å²) in [5.74, 6) is 2.36. The van der Waals surface area contributed by atoms with E-state index in [1.807, 2.05) is 6.07 Å². The van der Waals surface area contributed by atoms with E-state index in [4.69, 9.17) is 9.47 Å². The Morgan fingerprint density at radius 3 is 2.67 bits per heavy atom. The number of hydrogen-bond acceptors (Lipinski definition) is 5. The Labute approximate surface area is 125 Å². The number of nitrogens with zero attached hydrogens (tertiary/aromatic N) is 1. The van der Waals surface area contributed by atoms with E-state index in [0.29, 0.717) is 12.3 Å². The van der Waals surface area contributed by atoms with E-state index >= 15 is 0 Å². The molecule has 0 spiro atoms. The van der Waals surface area contributed by atoms with Crippen molar-refractivity contribution < 1.29 is 14.6 Å². The number of rotatable bonds is 5. The van der Waals surface area contributed by atoms with Crippen LogP contribution < -0.4 is 14.8 Å². The predicted octanol–water partition coefficient (Wildman–Crippen LogP) is 1.94. The molecule has 5 heteroatoms. The fourth-order valence-electron chi connectivity index (χ4n) is 3.03. The van der Waals surface area contributed by atoms with Crippen LogP contribution in [0.3, 0.4) is 0 Å². The molecule has 2 N–H and O–H groups in total. The van der Waals surface area contributed by atoms with Crippen molar-refractivity contribution in [1.82, 2.24) is 10.2 Å². The minimum atomic E-state index is 0.238. The molecule has 1 saturated heterocycles. The first-order valence-electron chi connectivity index (χ1n) is 7.81. The van der Waals surface area contributed by atoms with Crippen LogP contribution in [0, 0.1) is 5.92 Å². The molecule has 2 aliphatic rings. The van der Waals surface area contributed by atoms with Gasteiger partial charge in [0.1, 0.15) is 5.75 Å². The molecule has 0 aromatic heterocycles. The maximum atomic E-state index is 10.00. The Morgan fingerprint density at radius 1 is 1.24 bits per heavy atom. The number of fused-ring (bicyclic) bond motifs is 1. The van der Waals surface area contributed by atoms with Crippen LogP contribution in [0.15, 0.2) is 12.1 Å². The lowest BCUT2D eigenvalue weighted by molar-refractivity contribution is 0.174. The van der Waals surface area contributed by atoms with Crippen molar-refractivity contribution in [3.05, 3.63) is 17.7 Å². The highest BCUT2D eigenvalue weighted by molar-refractivity contribution is 5.51. The zero-order chi connectivity index (χ0) is 14.7. The first kappa shape index (κ1) is 14.5. The second kappa shape index (κ2) is 6.54. The molecule has 0 aliphatic carbocycles. The Kier molecular flexibility index (Phi) is 4.51. The molecular formula is C16H24N2O3. The summed E-state index contributed by atoms with van der Waals surface area (Å²) in [7, 11) is 0. The Morgan fingerprint density at radius 2 is 1.95 bits per heavy atom. The van der Waals surface area contributed by atoms with Gasteiger partial charge < -0.3 is 24.8 Å². The van der Waals surface area contributed by atoms with Gasteiger partial charge in [0.2, 0.25) is 6.79 Å². The number of nitrogens with one attached hydrogen (secondary N) is 1. The molecule has 0 atom stereocenters. The molecule has 1 fully saturated rings. The summed E-state index contributed by atoms with van der Waals surface area (Å²) in [6.07, 6.45) is 2.52. The van der Waals surface area contributed by atoms with Gasteiger partial charge in [-0.3, -0.25) is 0 Å². The smallest absolute Gasteiger partial charge is 0.231 e. The predicted molar refractivity (Wildman–Crippen MR) is 80.8 cm³/mol. The van der Waals surface area contributed by atoms with Gasteiger partial charge in [-0.25, -0.2) is 0 Å². The monoisotopic (exact) mass is 292 g/mol. The number of benzene rings is 1. The number of ether oxygens (including phenoxy) is 2. The molecule has 3 rings (SSSR count). The van der Waals surface area contributed by atoms with E-state index in [0.717, 1.165) is 30.3 Å². The fraction of sp³-hybridized carbons (Fsp3) is 0.625. The van der Waals surface area contributed by atoms with Gasteiger partial charge in [-0.05, 0) is 51.0 Å². The summed E-state index contributed by atoms with van der Waals surface area (Å²) in [6, 6.07) is 3.50.